The summed E-state index contributed by atoms with van der Waals surface area (Å²) < 4.78 is 76.5. The number of nitrogens with zero attached hydrogens (tertiary/aromatic N) is 8. The number of benzene rings is 3. The molecule has 0 radical (unpaired) electrons. The number of likely N-dealkylation sites (tertiary alicyclic amines) is 1. The van der Waals surface area contributed by atoms with E-state index in [4.69, 9.17) is 52.7 Å². The molecule has 0 spiro atoms. The third kappa shape index (κ3) is 21.6. The van der Waals surface area contributed by atoms with Crippen LogP contribution in [0.2, 0.25) is 10.0 Å². The summed E-state index contributed by atoms with van der Waals surface area (Å²) >= 11 is 12.4. The van der Waals surface area contributed by atoms with Crippen molar-refractivity contribution < 1.29 is 79.2 Å². The normalized spacial score (nSPS) is 26.3. The van der Waals surface area contributed by atoms with Crippen LogP contribution in [0.15, 0.2) is 68.8 Å². The number of aromatic nitrogens is 1. The average molecular weight is 1710 g/mol. The van der Waals surface area contributed by atoms with Gasteiger partial charge in [0.15, 0.2) is 11.3 Å². The van der Waals surface area contributed by atoms with Gasteiger partial charge in [0.2, 0.25) is 43.7 Å². The number of aliphatic carboxylic acids is 1. The first-order valence-corrected chi connectivity index (χ1v) is 44.0. The van der Waals surface area contributed by atoms with Crippen LogP contribution in [0.3, 0.4) is 0 Å². The van der Waals surface area contributed by atoms with Crippen LogP contribution in [0.25, 0.3) is 11.1 Å². The monoisotopic (exact) mass is 1700 g/mol. The van der Waals surface area contributed by atoms with Gasteiger partial charge in [0.25, 0.3) is 0 Å². The molecule has 1 aromatic heterocycles. The van der Waals surface area contributed by atoms with Crippen molar-refractivity contribution in [3.05, 3.63) is 76.1 Å². The second kappa shape index (κ2) is 38.7. The van der Waals surface area contributed by atoms with Gasteiger partial charge in [0.05, 0.1) is 53.7 Å². The van der Waals surface area contributed by atoms with Crippen molar-refractivity contribution >= 4 is 114 Å². The summed E-state index contributed by atoms with van der Waals surface area (Å²) in [5.41, 5.74) is 5.22. The standard InChI is InChI=1S/C19H26ClN3O3S.C18H23NO5.C14H20ClN3O3S.C8H12N2O2.C8H16N2.C8H14O2.C7H12O2.ClH/c1-18(2,3)17-21-14-7-6-13(20)16(15(14)26-17)27(24,25)23-11-10-22-9-5-8-19(22,4)12-23;1-18(17(22)23-2)11-6-12-19(18)15(20)9-10-16(21)24-13-14-7-4-3-5-8-14;1-14-5-2-6-17(14)7-8-18(9-14)22(20,21)13-10(15)3-4-11(16)12(13)19;1-8-3-2-4-10(8)6(11)5-9-7(8)12;1-8-3-2-5-10(8)6-4-9-7-8;1-8(7(9)10-2)5-3-4-6-8;1-7(6(8)9)4-2-3-5-7;/h6-7H,5,8-12H2,1-4H3;3-5,7-8H,6,9-13H2,1-2H3;3-4,19H,2,5-9,16H2,1H3;2-5H2,1H3,(H,9,12);9H,2-7H2,1H3;3-6H2,1-2H3;2-5H2,1H3,(H,8,9);1H/t19-;18-;14-;2*8-;;;/m00000.../s1. The minimum absolute atomic E-state index is 0. The van der Waals surface area contributed by atoms with E-state index in [0.29, 0.717) is 62.6 Å². The molecule has 15 rings (SSSR count). The fourth-order valence-corrected chi connectivity index (χ4v) is 22.2. The predicted octanol–water partition coefficient (Wildman–Crippen LogP) is 10.9. The number of nitrogens with two attached hydrogens (primary N) is 1. The number of nitrogens with one attached hydrogen (secondary N) is 2. The molecule has 3 aromatic carbocycles. The highest BCUT2D eigenvalue weighted by atomic mass is 35.5. The maximum atomic E-state index is 13.5. The van der Waals surface area contributed by atoms with Crippen LogP contribution in [0, 0.1) is 10.8 Å². The third-order valence-corrected chi connectivity index (χ3v) is 30.0. The van der Waals surface area contributed by atoms with Gasteiger partial charge in [-0.05, 0) is 188 Å². The molecule has 3 amide bonds. The Hall–Kier alpha value is -6.45. The van der Waals surface area contributed by atoms with E-state index >= 15 is 0 Å². The number of anilines is 1. The van der Waals surface area contributed by atoms with Gasteiger partial charge in [-0.15, -0.1) is 12.4 Å². The number of phenolic OH excluding ortho intramolecular Hbond substituents is 1. The fourth-order valence-electron chi connectivity index (χ4n) is 17.8. The molecule has 0 unspecified atom stereocenters. The molecule has 2 saturated carbocycles. The van der Waals surface area contributed by atoms with Gasteiger partial charge in [-0.1, -0.05) is 100.0 Å². The fraction of sp³-hybridized carbons (Fsp3) is 0.683. The Labute approximate surface area is 695 Å². The molecule has 9 aliphatic heterocycles. The van der Waals surface area contributed by atoms with E-state index < -0.39 is 54.8 Å². The van der Waals surface area contributed by atoms with Crippen LogP contribution in [-0.2, 0) is 79.8 Å². The minimum Gasteiger partial charge on any atom is -0.504 e. The number of sulfonamides is 2. The largest absolute Gasteiger partial charge is 0.504 e. The number of nitrogen functional groups attached to an aromatic ring is 1. The van der Waals surface area contributed by atoms with E-state index in [-0.39, 0.29) is 121 Å². The molecule has 11 fully saturated rings. The lowest BCUT2D eigenvalue weighted by atomic mass is 9.89. The molecule has 0 bridgehead atoms. The predicted molar refractivity (Wildman–Crippen MR) is 443 cm³/mol. The highest BCUT2D eigenvalue weighted by Crippen LogP contribution is 2.44. The molecule has 9 saturated heterocycles. The average Bonchev–Trinajstić information content (AvgIpc) is 1.53. The Morgan fingerprint density at radius 3 is 1.65 bits per heavy atom. The molecule has 6 N–H and O–H groups in total. The van der Waals surface area contributed by atoms with Crippen LogP contribution in [0.1, 0.15) is 209 Å². The van der Waals surface area contributed by atoms with Gasteiger partial charge < -0.3 is 55.0 Å². The highest BCUT2D eigenvalue weighted by molar-refractivity contribution is 7.89. The van der Waals surface area contributed by atoms with Gasteiger partial charge in [0, 0.05) is 100 Å². The van der Waals surface area contributed by atoms with E-state index in [9.17, 15) is 55.5 Å². The van der Waals surface area contributed by atoms with Crippen molar-refractivity contribution in [2.75, 3.05) is 118 Å². The summed E-state index contributed by atoms with van der Waals surface area (Å²) in [5.74, 6) is -1.64. The summed E-state index contributed by atoms with van der Waals surface area (Å²) in [7, 11) is -4.89. The lowest BCUT2D eigenvalue weighted by molar-refractivity contribution is -0.158. The number of carboxylic acids is 1. The summed E-state index contributed by atoms with van der Waals surface area (Å²) in [6.07, 6.45) is 18.3. The van der Waals surface area contributed by atoms with E-state index in [1.165, 1.54) is 87.4 Å². The van der Waals surface area contributed by atoms with Gasteiger partial charge >= 0.3 is 23.9 Å². The van der Waals surface area contributed by atoms with Crippen LogP contribution in [0.5, 0.6) is 5.75 Å². The highest BCUT2D eigenvalue weighted by Gasteiger charge is 2.51. The van der Waals surface area contributed by atoms with Crippen molar-refractivity contribution in [2.24, 2.45) is 10.8 Å². The Morgan fingerprint density at radius 2 is 1.12 bits per heavy atom. The number of ether oxygens (including phenoxy) is 3. The number of amides is 3. The van der Waals surface area contributed by atoms with E-state index in [0.717, 1.165) is 115 Å². The Balaban J connectivity index is 0.000000174. The lowest BCUT2D eigenvalue weighted by Crippen LogP contribution is -2.62. The zero-order chi connectivity index (χ0) is 83.6. The Morgan fingerprint density at radius 1 is 0.609 bits per heavy atom. The molecule has 4 aromatic rings. The number of carbonyl (C=O) groups is 7. The number of carboxylic acid groups (broad SMARTS) is 1. The first-order chi connectivity index (χ1) is 53.5. The summed E-state index contributed by atoms with van der Waals surface area (Å²) in [6.45, 7) is 31.7. The zero-order valence-corrected chi connectivity index (χ0v) is 73.3. The summed E-state index contributed by atoms with van der Waals surface area (Å²) in [6, 6.07) is 15.5. The maximum absolute atomic E-state index is 13.5. The topological polar surface area (TPSA) is 355 Å². The SMILES string of the molecule is CC(C)(C)c1nc2ccc(Cl)c(S(=O)(=O)N3CCN4CCC[C@@]4(C)C3)c2o1.CC1(C(=O)O)CCCC1.COC(=O)C1(C)CCCC1.COC(=O)[C@]1(C)CCCN1C(=O)CCC(=O)OCc1ccccc1.C[C@@]12CCCN1C(=O)CNC2=O.C[C@@]12CCCN1CCN(S(=O)(=O)c1c(Cl)ccc(N)c1O)C2.C[C@@]12CCCN1CCNC2.Cl. The number of halogens is 3. The van der Waals surface area contributed by atoms with E-state index in [2.05, 4.69) is 51.1 Å². The number of carbonyl (C=O) groups excluding carboxylic acids is 6. The molecule has 28 nitrogen and oxygen atoms in total. The zero-order valence-electron chi connectivity index (χ0n) is 69.3. The Kier molecular flexibility index (Phi) is 31.7. The number of hydrogen-bond acceptors (Lipinski definition) is 22. The third-order valence-electron chi connectivity index (χ3n) is 25.3. The first-order valence-electron chi connectivity index (χ1n) is 40.4. The van der Waals surface area contributed by atoms with Gasteiger partial charge in [0.1, 0.15) is 33.0 Å². The number of oxazole rings is 1. The van der Waals surface area contributed by atoms with Gasteiger partial charge in [-0.25, -0.2) is 26.6 Å². The smallest absolute Gasteiger partial charge is 0.331 e. The second-order valence-corrected chi connectivity index (χ2v) is 39.5. The number of hydrogen-bond donors (Lipinski definition) is 5. The maximum Gasteiger partial charge on any atom is 0.331 e. The van der Waals surface area contributed by atoms with Crippen LogP contribution < -0.4 is 16.4 Å². The van der Waals surface area contributed by atoms with Crippen LogP contribution >= 0.6 is 35.6 Å². The minimum atomic E-state index is -3.88. The number of piperazine rings is 4. The van der Waals surface area contributed by atoms with Crippen LogP contribution in [0.4, 0.5) is 5.69 Å². The number of phenols is 1. The quantitative estimate of drug-likeness (QED) is 0.0381. The molecule has 115 heavy (non-hydrogen) atoms. The number of rotatable bonds is 12. The number of fused-ring (bicyclic) bond motifs is 5. The second-order valence-electron chi connectivity index (χ2n) is 34.9. The van der Waals surface area contributed by atoms with Crippen molar-refractivity contribution in [3.8, 4) is 5.75 Å². The molecule has 11 aliphatic rings. The summed E-state index contributed by atoms with van der Waals surface area (Å²) in [4.78, 5) is 95.3. The van der Waals surface area contributed by atoms with Crippen molar-refractivity contribution in [3.63, 3.8) is 0 Å². The van der Waals surface area contributed by atoms with E-state index in [1.807, 2.05) is 71.9 Å². The van der Waals surface area contributed by atoms with Gasteiger partial charge in [-0.3, -0.25) is 43.5 Å². The number of esters is 3. The van der Waals surface area contributed by atoms with Crippen LogP contribution in [-0.4, -0.2) is 247 Å². The lowest BCUT2D eigenvalue weighted by Gasteiger charge is -2.44. The molecule has 33 heteroatoms. The van der Waals surface area contributed by atoms with Crippen molar-refractivity contribution in [1.82, 2.24) is 48.7 Å². The number of aromatic hydroxyl groups is 1. The first kappa shape index (κ1) is 94.0. The van der Waals surface area contributed by atoms with Crippen molar-refractivity contribution in [2.45, 2.75) is 247 Å². The molecule has 642 valence electrons. The van der Waals surface area contributed by atoms with Crippen molar-refractivity contribution in [1.29, 1.82) is 0 Å². The molecular weight excluding hydrogens is 1580 g/mol. The molecule has 10 heterocycles. The molecule has 5 atom stereocenters. The van der Waals surface area contributed by atoms with E-state index in [1.54, 1.807) is 28.3 Å². The molecule has 2 aliphatic carbocycles. The molecular formula is C82H124Cl3N11O17S2. The van der Waals surface area contributed by atoms with Gasteiger partial charge in [-0.2, -0.15) is 8.61 Å². The Bertz CT molecular complexity index is 4330. The summed E-state index contributed by atoms with van der Waals surface area (Å²) in [5, 5.41) is 25.0. The number of methoxy groups -OCH3 is 2.